The number of aryl methyl sites for hydroxylation is 2. The zero-order valence-corrected chi connectivity index (χ0v) is 15.0. The van der Waals surface area contributed by atoms with Crippen molar-refractivity contribution in [2.45, 2.75) is 20.4 Å². The first-order valence-electron chi connectivity index (χ1n) is 6.63. The van der Waals surface area contributed by atoms with Crippen molar-refractivity contribution in [3.8, 4) is 11.5 Å². The first kappa shape index (κ1) is 14.7. The SMILES string of the molecule is Cc1cc(Br)cc(C)c1NCc1cc(Br)c2c(c1)OCO2. The zero-order chi connectivity index (χ0) is 15.0. The molecule has 2 aromatic rings. The molecule has 1 N–H and O–H groups in total. The number of rotatable bonds is 3. The molecule has 0 saturated carbocycles. The molecular weight excluding hydrogens is 398 g/mol. The van der Waals surface area contributed by atoms with E-state index in [0.29, 0.717) is 0 Å². The van der Waals surface area contributed by atoms with Crippen LogP contribution in [0.2, 0.25) is 0 Å². The van der Waals surface area contributed by atoms with E-state index in [-0.39, 0.29) is 6.79 Å². The summed E-state index contributed by atoms with van der Waals surface area (Å²) in [5.74, 6) is 1.58. The largest absolute Gasteiger partial charge is 0.454 e. The van der Waals surface area contributed by atoms with Gasteiger partial charge in [-0.05, 0) is 70.7 Å². The van der Waals surface area contributed by atoms with Crippen molar-refractivity contribution >= 4 is 37.5 Å². The predicted octanol–water partition coefficient (Wildman–Crippen LogP) is 5.17. The van der Waals surface area contributed by atoms with Crippen LogP contribution in [0.4, 0.5) is 5.69 Å². The van der Waals surface area contributed by atoms with Crippen LogP contribution in [0.25, 0.3) is 0 Å². The van der Waals surface area contributed by atoms with Gasteiger partial charge in [-0.25, -0.2) is 0 Å². The molecule has 0 aliphatic carbocycles. The smallest absolute Gasteiger partial charge is 0.231 e. The van der Waals surface area contributed by atoms with Crippen LogP contribution in [-0.2, 0) is 6.54 Å². The molecule has 3 rings (SSSR count). The fourth-order valence-corrected chi connectivity index (χ4v) is 3.79. The molecule has 0 radical (unpaired) electrons. The monoisotopic (exact) mass is 411 g/mol. The Morgan fingerprint density at radius 2 is 1.76 bits per heavy atom. The van der Waals surface area contributed by atoms with Crippen LogP contribution in [-0.4, -0.2) is 6.79 Å². The van der Waals surface area contributed by atoms with Gasteiger partial charge in [0.1, 0.15) is 0 Å². The van der Waals surface area contributed by atoms with Gasteiger partial charge in [-0.15, -0.1) is 0 Å². The van der Waals surface area contributed by atoms with Crippen LogP contribution in [0, 0.1) is 13.8 Å². The van der Waals surface area contributed by atoms with Crippen LogP contribution in [0.3, 0.4) is 0 Å². The highest BCUT2D eigenvalue weighted by atomic mass is 79.9. The quantitative estimate of drug-likeness (QED) is 0.754. The molecular formula is C16H15Br2NO2. The van der Waals surface area contributed by atoms with Gasteiger partial charge in [-0.1, -0.05) is 15.9 Å². The third-order valence-corrected chi connectivity index (χ3v) is 4.50. The summed E-state index contributed by atoms with van der Waals surface area (Å²) in [4.78, 5) is 0. The Balaban J connectivity index is 1.81. The molecule has 0 bridgehead atoms. The van der Waals surface area contributed by atoms with Gasteiger partial charge >= 0.3 is 0 Å². The number of ether oxygens (including phenoxy) is 2. The van der Waals surface area contributed by atoms with Gasteiger partial charge in [-0.3, -0.25) is 0 Å². The van der Waals surface area contributed by atoms with Crippen molar-refractivity contribution < 1.29 is 9.47 Å². The average molecular weight is 413 g/mol. The normalized spacial score (nSPS) is 12.6. The molecule has 21 heavy (non-hydrogen) atoms. The lowest BCUT2D eigenvalue weighted by Crippen LogP contribution is -2.03. The summed E-state index contributed by atoms with van der Waals surface area (Å²) >= 11 is 7.05. The maximum Gasteiger partial charge on any atom is 0.231 e. The number of fused-ring (bicyclic) bond motifs is 1. The lowest BCUT2D eigenvalue weighted by atomic mass is 10.1. The summed E-state index contributed by atoms with van der Waals surface area (Å²) in [5, 5.41) is 3.51. The summed E-state index contributed by atoms with van der Waals surface area (Å²) < 4.78 is 12.9. The molecule has 2 aromatic carbocycles. The second-order valence-electron chi connectivity index (χ2n) is 5.08. The van der Waals surface area contributed by atoms with Gasteiger partial charge in [-0.2, -0.15) is 0 Å². The Morgan fingerprint density at radius 3 is 2.48 bits per heavy atom. The van der Waals surface area contributed by atoms with E-state index in [9.17, 15) is 0 Å². The molecule has 0 saturated heterocycles. The Labute approximate surface area is 140 Å². The van der Waals surface area contributed by atoms with E-state index in [4.69, 9.17) is 9.47 Å². The predicted molar refractivity (Wildman–Crippen MR) is 91.2 cm³/mol. The molecule has 0 spiro atoms. The standard InChI is InChI=1S/C16H15Br2NO2/c1-9-3-12(17)4-10(2)15(9)19-7-11-5-13(18)16-14(6-11)20-8-21-16/h3-6,19H,7-8H2,1-2H3. The highest BCUT2D eigenvalue weighted by molar-refractivity contribution is 9.10. The fraction of sp³-hybridized carbons (Fsp3) is 0.250. The molecule has 1 aliphatic rings. The van der Waals surface area contributed by atoms with Gasteiger partial charge in [0.2, 0.25) is 6.79 Å². The molecule has 0 amide bonds. The third kappa shape index (κ3) is 3.04. The minimum atomic E-state index is 0.287. The second kappa shape index (κ2) is 5.89. The lowest BCUT2D eigenvalue weighted by Gasteiger charge is -2.14. The topological polar surface area (TPSA) is 30.5 Å². The van der Waals surface area contributed by atoms with Crippen LogP contribution >= 0.6 is 31.9 Å². The van der Waals surface area contributed by atoms with E-state index in [1.54, 1.807) is 0 Å². The van der Waals surface area contributed by atoms with Crippen molar-refractivity contribution in [2.75, 3.05) is 12.1 Å². The average Bonchev–Trinajstić information content (AvgIpc) is 2.86. The van der Waals surface area contributed by atoms with Crippen molar-refractivity contribution in [3.05, 3.63) is 49.9 Å². The minimum absolute atomic E-state index is 0.287. The van der Waals surface area contributed by atoms with E-state index in [1.165, 1.54) is 16.8 Å². The molecule has 0 fully saturated rings. The maximum absolute atomic E-state index is 5.45. The Morgan fingerprint density at radius 1 is 1.05 bits per heavy atom. The van der Waals surface area contributed by atoms with Gasteiger partial charge < -0.3 is 14.8 Å². The Bertz CT molecular complexity index is 678. The lowest BCUT2D eigenvalue weighted by molar-refractivity contribution is 0.173. The highest BCUT2D eigenvalue weighted by Crippen LogP contribution is 2.40. The first-order valence-corrected chi connectivity index (χ1v) is 8.22. The van der Waals surface area contributed by atoms with E-state index < -0.39 is 0 Å². The van der Waals surface area contributed by atoms with Gasteiger partial charge in [0.25, 0.3) is 0 Å². The van der Waals surface area contributed by atoms with Crippen molar-refractivity contribution in [1.29, 1.82) is 0 Å². The van der Waals surface area contributed by atoms with Crippen molar-refractivity contribution in [2.24, 2.45) is 0 Å². The summed E-state index contributed by atoms with van der Waals surface area (Å²) in [6.45, 7) is 5.24. The second-order valence-corrected chi connectivity index (χ2v) is 6.85. The Kier molecular flexibility index (Phi) is 4.13. The number of hydrogen-bond acceptors (Lipinski definition) is 3. The van der Waals surface area contributed by atoms with Gasteiger partial charge in [0, 0.05) is 16.7 Å². The molecule has 0 unspecified atom stereocenters. The number of hydrogen-bond donors (Lipinski definition) is 1. The van der Waals surface area contributed by atoms with Gasteiger partial charge in [0.05, 0.1) is 4.47 Å². The Hall–Kier alpha value is -1.20. The van der Waals surface area contributed by atoms with Crippen LogP contribution in [0.5, 0.6) is 11.5 Å². The van der Waals surface area contributed by atoms with E-state index in [0.717, 1.165) is 32.6 Å². The summed E-state index contributed by atoms with van der Waals surface area (Å²) in [5.41, 5.74) is 4.77. The molecule has 110 valence electrons. The van der Waals surface area contributed by atoms with E-state index in [1.807, 2.05) is 6.07 Å². The molecule has 0 atom stereocenters. The van der Waals surface area contributed by atoms with Crippen LogP contribution < -0.4 is 14.8 Å². The van der Waals surface area contributed by atoms with Crippen molar-refractivity contribution in [1.82, 2.24) is 0 Å². The minimum Gasteiger partial charge on any atom is -0.454 e. The number of halogens is 2. The number of nitrogens with one attached hydrogen (secondary N) is 1. The molecule has 5 heteroatoms. The van der Waals surface area contributed by atoms with Gasteiger partial charge in [0.15, 0.2) is 11.5 Å². The molecule has 0 aromatic heterocycles. The first-order chi connectivity index (χ1) is 10.0. The van der Waals surface area contributed by atoms with Crippen LogP contribution in [0.1, 0.15) is 16.7 Å². The summed E-state index contributed by atoms with van der Waals surface area (Å²) in [6.07, 6.45) is 0. The molecule has 3 nitrogen and oxygen atoms in total. The number of anilines is 1. The van der Waals surface area contributed by atoms with E-state index in [2.05, 4.69) is 69.2 Å². The third-order valence-electron chi connectivity index (χ3n) is 3.45. The summed E-state index contributed by atoms with van der Waals surface area (Å²) in [7, 11) is 0. The highest BCUT2D eigenvalue weighted by Gasteiger charge is 2.18. The fourth-order valence-electron chi connectivity index (χ4n) is 2.50. The van der Waals surface area contributed by atoms with Crippen molar-refractivity contribution in [3.63, 3.8) is 0 Å². The van der Waals surface area contributed by atoms with Crippen LogP contribution in [0.15, 0.2) is 33.2 Å². The van der Waals surface area contributed by atoms with E-state index >= 15 is 0 Å². The summed E-state index contributed by atoms with van der Waals surface area (Å²) in [6, 6.07) is 8.31. The molecule has 1 aliphatic heterocycles. The number of benzene rings is 2. The molecule has 1 heterocycles. The maximum atomic E-state index is 5.45. The zero-order valence-electron chi connectivity index (χ0n) is 11.8.